The molecule has 4 nitrogen and oxygen atoms in total. The second-order valence-electron chi connectivity index (χ2n) is 15.9. The number of hydrogen-bond acceptors (Lipinski definition) is 4. The highest BCUT2D eigenvalue weighted by atomic mass is 16.5. The first kappa shape index (κ1) is 37.2. The summed E-state index contributed by atoms with van der Waals surface area (Å²) in [4.78, 5) is 0. The van der Waals surface area contributed by atoms with Crippen LogP contribution in [0.1, 0.15) is 104 Å². The zero-order chi connectivity index (χ0) is 38.3. The Morgan fingerprint density at radius 2 is 1.05 bits per heavy atom. The average Bonchev–Trinajstić information content (AvgIpc) is 3.63. The lowest BCUT2D eigenvalue weighted by Gasteiger charge is -2.43. The van der Waals surface area contributed by atoms with Crippen LogP contribution in [-0.2, 0) is 11.8 Å². The summed E-state index contributed by atoms with van der Waals surface area (Å²) in [6.07, 6.45) is 14.6. The molecule has 4 N–H and O–H groups in total. The van der Waals surface area contributed by atoms with E-state index in [-0.39, 0.29) is 5.41 Å². The summed E-state index contributed by atoms with van der Waals surface area (Å²) in [7, 11) is 0. The molecule has 1 unspecified atom stereocenters. The molecule has 1 saturated carbocycles. The zero-order valence-corrected chi connectivity index (χ0v) is 32.6. The Morgan fingerprint density at radius 1 is 0.554 bits per heavy atom. The molecule has 0 bridgehead atoms. The van der Waals surface area contributed by atoms with Crippen molar-refractivity contribution in [3.63, 3.8) is 0 Å². The van der Waals surface area contributed by atoms with Gasteiger partial charge in [-0.2, -0.15) is 0 Å². The van der Waals surface area contributed by atoms with Crippen LogP contribution in [0.5, 0.6) is 23.0 Å². The molecule has 0 amide bonds. The minimum Gasteiger partial charge on any atom is -0.457 e. The van der Waals surface area contributed by atoms with E-state index in [4.69, 9.17) is 20.9 Å². The van der Waals surface area contributed by atoms with E-state index in [0.717, 1.165) is 60.1 Å². The van der Waals surface area contributed by atoms with Gasteiger partial charge in [-0.15, -0.1) is 0 Å². The first-order valence-electron chi connectivity index (χ1n) is 20.7. The molecule has 1 fully saturated rings. The van der Waals surface area contributed by atoms with Gasteiger partial charge < -0.3 is 20.9 Å². The molecule has 1 atom stereocenters. The predicted octanol–water partition coefficient (Wildman–Crippen LogP) is 13.8. The Morgan fingerprint density at radius 3 is 1.59 bits per heavy atom. The quantitative estimate of drug-likeness (QED) is 0.0862. The van der Waals surface area contributed by atoms with Gasteiger partial charge in [-0.1, -0.05) is 111 Å². The molecule has 0 aliphatic heterocycles. The lowest BCUT2D eigenvalue weighted by molar-refractivity contribution is 0.254. The molecule has 0 spiro atoms. The van der Waals surface area contributed by atoms with Crippen molar-refractivity contribution in [2.24, 2.45) is 5.92 Å². The molecule has 6 aromatic carbocycles. The maximum atomic E-state index is 6.22. The van der Waals surface area contributed by atoms with Crippen molar-refractivity contribution in [3.8, 4) is 23.0 Å². The second kappa shape index (κ2) is 17.0. The van der Waals surface area contributed by atoms with Crippen LogP contribution in [-0.4, -0.2) is 0 Å². The van der Waals surface area contributed by atoms with E-state index in [2.05, 4.69) is 110 Å². The summed E-state index contributed by atoms with van der Waals surface area (Å²) in [6, 6.07) is 51.3. The normalized spacial score (nSPS) is 16.2. The van der Waals surface area contributed by atoms with E-state index in [1.54, 1.807) is 0 Å². The van der Waals surface area contributed by atoms with Crippen LogP contribution >= 0.6 is 0 Å². The fourth-order valence-corrected chi connectivity index (χ4v) is 9.16. The van der Waals surface area contributed by atoms with Crippen molar-refractivity contribution in [2.45, 2.75) is 82.5 Å². The summed E-state index contributed by atoms with van der Waals surface area (Å²) >= 11 is 0. The molecule has 0 saturated heterocycles. The summed E-state index contributed by atoms with van der Waals surface area (Å²) in [5.41, 5.74) is 22.9. The number of rotatable bonds is 14. The zero-order valence-electron chi connectivity index (χ0n) is 32.6. The SMILES string of the molecule is CCCCCCCc1ccc(C2=Cc3ccccc3C2C2CCC(c3ccc(Oc4ccc(N)cc4)cc3)(c3ccc(Oc4ccc(N)cc4)cc3)CC2)cc1. The van der Waals surface area contributed by atoms with Gasteiger partial charge in [0, 0.05) is 22.7 Å². The summed E-state index contributed by atoms with van der Waals surface area (Å²) < 4.78 is 12.4. The Hall–Kier alpha value is -5.74. The number of anilines is 2. The molecule has 2 aliphatic rings. The van der Waals surface area contributed by atoms with Crippen LogP contribution in [0.15, 0.2) is 146 Å². The van der Waals surface area contributed by atoms with Crippen molar-refractivity contribution < 1.29 is 9.47 Å². The summed E-state index contributed by atoms with van der Waals surface area (Å²) in [5.74, 6) is 4.10. The number of unbranched alkanes of at least 4 members (excludes halogenated alkanes) is 4. The number of nitrogen functional groups attached to an aromatic ring is 2. The van der Waals surface area contributed by atoms with Crippen molar-refractivity contribution in [3.05, 3.63) is 179 Å². The number of hydrogen-bond donors (Lipinski definition) is 2. The first-order chi connectivity index (χ1) is 27.5. The van der Waals surface area contributed by atoms with Gasteiger partial charge in [0.05, 0.1) is 0 Å². The van der Waals surface area contributed by atoms with Crippen LogP contribution in [0.2, 0.25) is 0 Å². The fourth-order valence-electron chi connectivity index (χ4n) is 9.16. The monoisotopic (exact) mass is 738 g/mol. The van der Waals surface area contributed by atoms with Gasteiger partial charge in [-0.3, -0.25) is 0 Å². The third kappa shape index (κ3) is 8.26. The molecule has 0 radical (unpaired) electrons. The predicted molar refractivity (Wildman–Crippen MR) is 233 cm³/mol. The molecule has 0 heterocycles. The van der Waals surface area contributed by atoms with Crippen molar-refractivity contribution in [1.29, 1.82) is 0 Å². The smallest absolute Gasteiger partial charge is 0.127 e. The number of nitrogens with two attached hydrogens (primary N) is 2. The molecule has 0 aromatic heterocycles. The molecular weight excluding hydrogens is 685 g/mol. The van der Waals surface area contributed by atoms with Gasteiger partial charge >= 0.3 is 0 Å². The van der Waals surface area contributed by atoms with E-state index in [9.17, 15) is 0 Å². The Labute approximate surface area is 333 Å². The Bertz CT molecular complexity index is 2120. The van der Waals surface area contributed by atoms with E-state index in [1.807, 2.05) is 48.5 Å². The van der Waals surface area contributed by atoms with Gasteiger partial charge in [-0.05, 0) is 156 Å². The molecular formula is C52H54N2O2. The average molecular weight is 739 g/mol. The summed E-state index contributed by atoms with van der Waals surface area (Å²) in [5, 5.41) is 0. The number of allylic oxidation sites excluding steroid dienone is 1. The van der Waals surface area contributed by atoms with Gasteiger partial charge in [-0.25, -0.2) is 0 Å². The standard InChI is InChI=1S/C52H54N2O2/c1-2-3-4-5-6-9-37-12-14-38(15-13-37)50-36-40-10-7-8-11-49(40)51(50)39-32-34-52(35-33-39,41-16-24-45(25-17-41)55-47-28-20-43(53)21-29-47)42-18-26-46(27-19-42)56-48-30-22-44(54)23-31-48/h7-8,10-31,36,39,51H,2-6,9,32-35,53-54H2,1H3. The molecule has 56 heavy (non-hydrogen) atoms. The van der Waals surface area contributed by atoms with E-state index in [0.29, 0.717) is 11.8 Å². The van der Waals surface area contributed by atoms with Crippen molar-refractivity contribution in [2.75, 3.05) is 11.5 Å². The van der Waals surface area contributed by atoms with Gasteiger partial charge in [0.1, 0.15) is 23.0 Å². The second-order valence-corrected chi connectivity index (χ2v) is 15.9. The number of benzene rings is 6. The van der Waals surface area contributed by atoms with Crippen LogP contribution in [0.3, 0.4) is 0 Å². The van der Waals surface area contributed by atoms with Gasteiger partial charge in [0.2, 0.25) is 0 Å². The maximum absolute atomic E-state index is 6.22. The third-order valence-corrected chi connectivity index (χ3v) is 12.2. The Balaban J connectivity index is 1.05. The third-order valence-electron chi connectivity index (χ3n) is 12.2. The largest absolute Gasteiger partial charge is 0.457 e. The minimum absolute atomic E-state index is 0.142. The minimum atomic E-state index is -0.142. The van der Waals surface area contributed by atoms with E-state index in [1.165, 1.54) is 77.5 Å². The van der Waals surface area contributed by atoms with Crippen molar-refractivity contribution >= 4 is 23.0 Å². The van der Waals surface area contributed by atoms with Gasteiger partial charge in [0.15, 0.2) is 0 Å². The van der Waals surface area contributed by atoms with Crippen LogP contribution in [0.25, 0.3) is 11.6 Å². The lowest BCUT2D eigenvalue weighted by Crippen LogP contribution is -2.34. The fraction of sp³-hybridized carbons (Fsp3) is 0.269. The van der Waals surface area contributed by atoms with E-state index >= 15 is 0 Å². The number of fused-ring (bicyclic) bond motifs is 1. The molecule has 2 aliphatic carbocycles. The van der Waals surface area contributed by atoms with Gasteiger partial charge in [0.25, 0.3) is 0 Å². The highest BCUT2D eigenvalue weighted by Gasteiger charge is 2.42. The van der Waals surface area contributed by atoms with Crippen molar-refractivity contribution in [1.82, 2.24) is 0 Å². The first-order valence-corrected chi connectivity index (χ1v) is 20.7. The maximum Gasteiger partial charge on any atom is 0.127 e. The molecule has 6 aromatic rings. The Kier molecular flexibility index (Phi) is 11.3. The highest BCUT2D eigenvalue weighted by Crippen LogP contribution is 2.55. The number of aryl methyl sites for hydroxylation is 1. The topological polar surface area (TPSA) is 70.5 Å². The van der Waals surface area contributed by atoms with Crippen LogP contribution in [0, 0.1) is 5.92 Å². The lowest BCUT2D eigenvalue weighted by atomic mass is 9.60. The highest BCUT2D eigenvalue weighted by molar-refractivity contribution is 5.91. The number of ether oxygens (including phenoxy) is 2. The molecule has 8 rings (SSSR count). The van der Waals surface area contributed by atoms with E-state index < -0.39 is 0 Å². The van der Waals surface area contributed by atoms with Crippen LogP contribution < -0.4 is 20.9 Å². The van der Waals surface area contributed by atoms with Crippen LogP contribution in [0.4, 0.5) is 11.4 Å². The summed E-state index contributed by atoms with van der Waals surface area (Å²) in [6.45, 7) is 2.28. The molecule has 4 heteroatoms. The molecule has 284 valence electrons.